The van der Waals surface area contributed by atoms with E-state index in [1.165, 1.54) is 6.20 Å². The van der Waals surface area contributed by atoms with E-state index in [1.807, 2.05) is 13.0 Å². The Kier molecular flexibility index (Phi) is 4.30. The molecular formula is C15H14ClN7O. The third-order valence-corrected chi connectivity index (χ3v) is 3.41. The largest absolute Gasteiger partial charge is 0.366 e. The fourth-order valence-electron chi connectivity index (χ4n) is 2.05. The topological polar surface area (TPSA) is 122 Å². The third kappa shape index (κ3) is 3.44. The number of para-hydroxylation sites is 1. The van der Waals surface area contributed by atoms with Gasteiger partial charge in [-0.05, 0) is 19.1 Å². The average Bonchev–Trinajstić information content (AvgIpc) is 2.96. The van der Waals surface area contributed by atoms with Crippen LogP contribution in [0.15, 0.2) is 36.5 Å². The Bertz CT molecular complexity index is 893. The Morgan fingerprint density at radius 3 is 2.79 bits per heavy atom. The van der Waals surface area contributed by atoms with Crippen LogP contribution in [0.5, 0.6) is 0 Å². The molecule has 0 saturated heterocycles. The number of nitrogens with two attached hydrogens (primary N) is 1. The highest BCUT2D eigenvalue weighted by atomic mass is 35.5. The molecule has 0 spiro atoms. The zero-order valence-corrected chi connectivity index (χ0v) is 13.4. The Morgan fingerprint density at radius 2 is 2.08 bits per heavy atom. The summed E-state index contributed by atoms with van der Waals surface area (Å²) in [7, 11) is 0. The van der Waals surface area contributed by atoms with Crippen LogP contribution in [-0.2, 0) is 0 Å². The van der Waals surface area contributed by atoms with Crippen molar-refractivity contribution in [1.29, 1.82) is 0 Å². The van der Waals surface area contributed by atoms with Crippen LogP contribution in [0, 0.1) is 6.92 Å². The lowest BCUT2D eigenvalue weighted by Crippen LogP contribution is -2.13. The van der Waals surface area contributed by atoms with Crippen molar-refractivity contribution in [3.63, 3.8) is 0 Å². The van der Waals surface area contributed by atoms with Crippen molar-refractivity contribution >= 4 is 40.8 Å². The molecule has 0 radical (unpaired) electrons. The molecule has 3 aromatic rings. The number of primary amides is 1. The van der Waals surface area contributed by atoms with Crippen molar-refractivity contribution in [2.24, 2.45) is 5.73 Å². The highest BCUT2D eigenvalue weighted by Gasteiger charge is 2.11. The predicted molar refractivity (Wildman–Crippen MR) is 91.9 cm³/mol. The zero-order chi connectivity index (χ0) is 17.1. The van der Waals surface area contributed by atoms with Gasteiger partial charge in [-0.15, -0.1) is 0 Å². The van der Waals surface area contributed by atoms with Crippen LogP contribution in [0.1, 0.15) is 16.1 Å². The number of halogens is 1. The first-order valence-corrected chi connectivity index (χ1v) is 7.38. The smallest absolute Gasteiger partial charge is 0.250 e. The summed E-state index contributed by atoms with van der Waals surface area (Å²) >= 11 is 6.13. The Hall–Kier alpha value is -3.13. The minimum absolute atomic E-state index is 0.304. The molecular weight excluding hydrogens is 330 g/mol. The van der Waals surface area contributed by atoms with E-state index in [4.69, 9.17) is 17.3 Å². The van der Waals surface area contributed by atoms with Gasteiger partial charge in [0, 0.05) is 11.8 Å². The highest BCUT2D eigenvalue weighted by molar-refractivity contribution is 6.33. The summed E-state index contributed by atoms with van der Waals surface area (Å²) in [5, 5.41) is 13.1. The molecule has 0 aliphatic heterocycles. The number of hydrogen-bond donors (Lipinski definition) is 4. The Morgan fingerprint density at radius 1 is 1.29 bits per heavy atom. The third-order valence-electron chi connectivity index (χ3n) is 3.14. The number of aromatic amines is 1. The van der Waals surface area contributed by atoms with E-state index in [0.29, 0.717) is 33.9 Å². The number of H-pyrrole nitrogens is 1. The lowest BCUT2D eigenvalue weighted by Gasteiger charge is -2.11. The van der Waals surface area contributed by atoms with Gasteiger partial charge in [-0.1, -0.05) is 23.7 Å². The quantitative estimate of drug-likeness (QED) is 0.565. The van der Waals surface area contributed by atoms with E-state index in [0.717, 1.165) is 5.69 Å². The maximum atomic E-state index is 11.5. The molecule has 0 fully saturated rings. The number of amides is 1. The number of nitrogens with one attached hydrogen (secondary N) is 3. The molecule has 0 unspecified atom stereocenters. The Labute approximate surface area is 142 Å². The van der Waals surface area contributed by atoms with Gasteiger partial charge in [-0.25, -0.2) is 4.98 Å². The van der Waals surface area contributed by atoms with Gasteiger partial charge in [-0.3, -0.25) is 9.89 Å². The number of hydrogen-bond acceptors (Lipinski definition) is 6. The monoisotopic (exact) mass is 343 g/mol. The van der Waals surface area contributed by atoms with Crippen molar-refractivity contribution in [3.8, 4) is 0 Å². The summed E-state index contributed by atoms with van der Waals surface area (Å²) in [6, 6.07) is 8.64. The molecule has 0 atom stereocenters. The molecule has 9 heteroatoms. The summed E-state index contributed by atoms with van der Waals surface area (Å²) in [6.45, 7) is 1.88. The summed E-state index contributed by atoms with van der Waals surface area (Å²) in [5.41, 5.74) is 7.12. The van der Waals surface area contributed by atoms with Crippen molar-refractivity contribution in [2.45, 2.75) is 6.92 Å². The normalized spacial score (nSPS) is 10.4. The van der Waals surface area contributed by atoms with Gasteiger partial charge in [0.05, 0.1) is 17.4 Å². The number of rotatable bonds is 5. The molecule has 8 nitrogen and oxygen atoms in total. The number of carbonyl (C=O) groups excluding carboxylic acids is 1. The molecule has 2 heterocycles. The van der Waals surface area contributed by atoms with E-state index in [1.54, 1.807) is 24.3 Å². The first-order valence-electron chi connectivity index (χ1n) is 7.00. The second kappa shape index (κ2) is 6.55. The zero-order valence-electron chi connectivity index (χ0n) is 12.7. The van der Waals surface area contributed by atoms with Crippen molar-refractivity contribution in [1.82, 2.24) is 20.2 Å². The molecule has 5 N–H and O–H groups in total. The van der Waals surface area contributed by atoms with Crippen molar-refractivity contribution < 1.29 is 4.79 Å². The number of benzene rings is 1. The predicted octanol–water partition coefficient (Wildman–Crippen LogP) is 2.75. The summed E-state index contributed by atoms with van der Waals surface area (Å²) in [6.07, 6.45) is 1.45. The number of aryl methyl sites for hydroxylation is 1. The molecule has 0 aliphatic carbocycles. The van der Waals surface area contributed by atoms with E-state index in [9.17, 15) is 4.79 Å². The SMILES string of the molecule is Cc1cc(Nc2ncc(Cl)c(Nc3ccccc3C(N)=O)n2)n[nH]1. The fourth-order valence-corrected chi connectivity index (χ4v) is 2.18. The Balaban J connectivity index is 1.88. The molecule has 1 aromatic carbocycles. The lowest BCUT2D eigenvalue weighted by atomic mass is 10.1. The molecule has 1 amide bonds. The summed E-state index contributed by atoms with van der Waals surface area (Å²) in [5.74, 6) is 0.687. The van der Waals surface area contributed by atoms with Crippen LogP contribution in [0.3, 0.4) is 0 Å². The van der Waals surface area contributed by atoms with E-state index in [-0.39, 0.29) is 0 Å². The van der Waals surface area contributed by atoms with Gasteiger partial charge >= 0.3 is 0 Å². The van der Waals surface area contributed by atoms with E-state index >= 15 is 0 Å². The second-order valence-electron chi connectivity index (χ2n) is 4.99. The van der Waals surface area contributed by atoms with Gasteiger partial charge in [0.1, 0.15) is 5.02 Å². The first kappa shape index (κ1) is 15.8. The summed E-state index contributed by atoms with van der Waals surface area (Å²) in [4.78, 5) is 19.9. The second-order valence-corrected chi connectivity index (χ2v) is 5.39. The van der Waals surface area contributed by atoms with E-state index in [2.05, 4.69) is 30.8 Å². The van der Waals surface area contributed by atoms with Crippen molar-refractivity contribution in [2.75, 3.05) is 10.6 Å². The average molecular weight is 344 g/mol. The highest BCUT2D eigenvalue weighted by Crippen LogP contribution is 2.26. The van der Waals surface area contributed by atoms with Crippen LogP contribution in [0.2, 0.25) is 5.02 Å². The van der Waals surface area contributed by atoms with E-state index < -0.39 is 5.91 Å². The molecule has 24 heavy (non-hydrogen) atoms. The molecule has 0 saturated carbocycles. The fraction of sp³-hybridized carbons (Fsp3) is 0.0667. The molecule has 122 valence electrons. The van der Waals surface area contributed by atoms with Crippen LogP contribution in [0.4, 0.5) is 23.3 Å². The standard InChI is InChI=1S/C15H14ClN7O/c1-8-6-12(23-22-8)20-15-18-7-10(16)14(21-15)19-11-5-3-2-4-9(11)13(17)24/h2-7H,1H3,(H2,17,24)(H3,18,19,20,21,22,23). The van der Waals surface area contributed by atoms with Crippen LogP contribution >= 0.6 is 11.6 Å². The van der Waals surface area contributed by atoms with Gasteiger partial charge in [0.15, 0.2) is 11.6 Å². The molecule has 2 aromatic heterocycles. The molecule has 3 rings (SSSR count). The van der Waals surface area contributed by atoms with Gasteiger partial charge in [0.2, 0.25) is 5.95 Å². The maximum absolute atomic E-state index is 11.5. The molecule has 0 bridgehead atoms. The van der Waals surface area contributed by atoms with Crippen LogP contribution in [0.25, 0.3) is 0 Å². The van der Waals surface area contributed by atoms with Crippen molar-refractivity contribution in [3.05, 3.63) is 52.8 Å². The minimum Gasteiger partial charge on any atom is -0.366 e. The number of carbonyl (C=O) groups is 1. The number of anilines is 4. The number of aromatic nitrogens is 4. The van der Waals surface area contributed by atoms with Gasteiger partial charge in [0.25, 0.3) is 5.91 Å². The number of nitrogens with zero attached hydrogens (tertiary/aromatic N) is 3. The lowest BCUT2D eigenvalue weighted by molar-refractivity contribution is 0.100. The van der Waals surface area contributed by atoms with Crippen LogP contribution < -0.4 is 16.4 Å². The van der Waals surface area contributed by atoms with Gasteiger partial charge < -0.3 is 16.4 Å². The minimum atomic E-state index is -0.548. The molecule has 0 aliphatic rings. The first-order chi connectivity index (χ1) is 11.5. The van der Waals surface area contributed by atoms with Gasteiger partial charge in [-0.2, -0.15) is 10.1 Å². The van der Waals surface area contributed by atoms with Crippen LogP contribution in [-0.4, -0.2) is 26.1 Å². The summed E-state index contributed by atoms with van der Waals surface area (Å²) < 4.78 is 0. The maximum Gasteiger partial charge on any atom is 0.250 e.